The second kappa shape index (κ2) is 8.47. The highest BCUT2D eigenvalue weighted by Crippen LogP contribution is 2.22. The molecule has 1 aromatic carbocycles. The monoisotopic (exact) mass is 318 g/mol. The van der Waals surface area contributed by atoms with Gasteiger partial charge in [-0.3, -0.25) is 0 Å². The molecule has 0 aliphatic rings. The van der Waals surface area contributed by atoms with E-state index in [-0.39, 0.29) is 5.75 Å². The lowest BCUT2D eigenvalue weighted by molar-refractivity contribution is -0.274. The molecule has 0 spiro atoms. The van der Waals surface area contributed by atoms with Gasteiger partial charge in [-0.05, 0) is 44.8 Å². The summed E-state index contributed by atoms with van der Waals surface area (Å²) in [6.07, 6.45) is -3.74. The Morgan fingerprint density at radius 3 is 2.45 bits per heavy atom. The minimum Gasteiger partial charge on any atom is -0.406 e. The zero-order valence-corrected chi connectivity index (χ0v) is 12.7. The Kier molecular flexibility index (Phi) is 6.97. The molecule has 0 radical (unpaired) electrons. The molecule has 1 aromatic rings. The van der Waals surface area contributed by atoms with Crippen LogP contribution in [0.2, 0.25) is 0 Å². The standard InChI is InChI=1S/C14H21F3N4O/c1-21(2)9-3-8-19-13(18)20-10-11-4-6-12(7-5-11)22-14(15,16)17/h4-7H,3,8-10H2,1-2H3,(H3,18,19,20). The van der Waals surface area contributed by atoms with Gasteiger partial charge in [0.1, 0.15) is 5.75 Å². The molecular formula is C14H21F3N4O. The average Bonchev–Trinajstić information content (AvgIpc) is 2.41. The molecule has 8 heteroatoms. The van der Waals surface area contributed by atoms with Gasteiger partial charge in [-0.1, -0.05) is 12.1 Å². The molecule has 0 amide bonds. The van der Waals surface area contributed by atoms with E-state index in [9.17, 15) is 13.2 Å². The lowest BCUT2D eigenvalue weighted by atomic mass is 10.2. The van der Waals surface area contributed by atoms with Gasteiger partial charge in [-0.15, -0.1) is 13.2 Å². The number of rotatable bonds is 7. The summed E-state index contributed by atoms with van der Waals surface area (Å²) in [4.78, 5) is 6.19. The number of benzene rings is 1. The number of hydrogen-bond donors (Lipinski definition) is 2. The summed E-state index contributed by atoms with van der Waals surface area (Å²) in [6.45, 7) is 1.95. The van der Waals surface area contributed by atoms with Crippen molar-refractivity contribution in [3.63, 3.8) is 0 Å². The molecule has 3 N–H and O–H groups in total. The lowest BCUT2D eigenvalue weighted by Crippen LogP contribution is -2.33. The normalized spacial score (nSPS) is 12.5. The number of nitrogens with two attached hydrogens (primary N) is 1. The first kappa shape index (κ1) is 18.1. The van der Waals surface area contributed by atoms with Crippen molar-refractivity contribution in [3.05, 3.63) is 29.8 Å². The average molecular weight is 318 g/mol. The third-order valence-electron chi connectivity index (χ3n) is 2.68. The number of guanidine groups is 1. The van der Waals surface area contributed by atoms with Gasteiger partial charge in [-0.25, -0.2) is 4.99 Å². The lowest BCUT2D eigenvalue weighted by Gasteiger charge is -2.10. The van der Waals surface area contributed by atoms with E-state index in [1.54, 1.807) is 0 Å². The molecule has 124 valence electrons. The Labute approximate surface area is 128 Å². The molecule has 1 rings (SSSR count). The summed E-state index contributed by atoms with van der Waals surface area (Å²) in [5.41, 5.74) is 6.45. The Bertz CT molecular complexity index is 472. The van der Waals surface area contributed by atoms with E-state index in [0.717, 1.165) is 18.5 Å². The van der Waals surface area contributed by atoms with Gasteiger partial charge in [-0.2, -0.15) is 0 Å². The second-order valence-electron chi connectivity index (χ2n) is 4.98. The minimum atomic E-state index is -4.68. The van der Waals surface area contributed by atoms with Gasteiger partial charge in [0, 0.05) is 6.54 Å². The Morgan fingerprint density at radius 1 is 1.27 bits per heavy atom. The summed E-state index contributed by atoms with van der Waals surface area (Å²) in [7, 11) is 3.98. The van der Waals surface area contributed by atoms with Crippen LogP contribution in [0.15, 0.2) is 29.3 Å². The maximum atomic E-state index is 12.0. The molecule has 0 aliphatic heterocycles. The highest BCUT2D eigenvalue weighted by atomic mass is 19.4. The quantitative estimate of drug-likeness (QED) is 0.458. The van der Waals surface area contributed by atoms with Crippen molar-refractivity contribution in [2.75, 3.05) is 27.2 Å². The SMILES string of the molecule is CN(C)CCCNC(N)=NCc1ccc(OC(F)(F)F)cc1. The van der Waals surface area contributed by atoms with Crippen molar-refractivity contribution >= 4 is 5.96 Å². The van der Waals surface area contributed by atoms with Crippen LogP contribution in [0, 0.1) is 0 Å². The van der Waals surface area contributed by atoms with Crippen LogP contribution in [0.3, 0.4) is 0 Å². The zero-order chi connectivity index (χ0) is 16.6. The first-order chi connectivity index (χ1) is 10.3. The smallest absolute Gasteiger partial charge is 0.406 e. The van der Waals surface area contributed by atoms with Crippen molar-refractivity contribution in [2.24, 2.45) is 10.7 Å². The largest absolute Gasteiger partial charge is 0.573 e. The third kappa shape index (κ3) is 8.35. The van der Waals surface area contributed by atoms with Gasteiger partial charge in [0.05, 0.1) is 6.54 Å². The molecule has 0 aliphatic carbocycles. The van der Waals surface area contributed by atoms with Crippen LogP contribution >= 0.6 is 0 Å². The van der Waals surface area contributed by atoms with E-state index in [0.29, 0.717) is 19.0 Å². The van der Waals surface area contributed by atoms with Crippen LogP contribution in [0.25, 0.3) is 0 Å². The predicted octanol–water partition coefficient (Wildman–Crippen LogP) is 1.94. The fourth-order valence-electron chi connectivity index (χ4n) is 1.64. The predicted molar refractivity (Wildman–Crippen MR) is 79.6 cm³/mol. The van der Waals surface area contributed by atoms with Crippen molar-refractivity contribution in [2.45, 2.75) is 19.3 Å². The van der Waals surface area contributed by atoms with E-state index in [4.69, 9.17) is 5.73 Å². The van der Waals surface area contributed by atoms with Crippen LogP contribution in [-0.4, -0.2) is 44.4 Å². The highest BCUT2D eigenvalue weighted by Gasteiger charge is 2.30. The molecule has 5 nitrogen and oxygen atoms in total. The summed E-state index contributed by atoms with van der Waals surface area (Å²) < 4.78 is 39.9. The van der Waals surface area contributed by atoms with Gasteiger partial charge >= 0.3 is 6.36 Å². The van der Waals surface area contributed by atoms with Gasteiger partial charge in [0.25, 0.3) is 0 Å². The molecule has 0 saturated heterocycles. The van der Waals surface area contributed by atoms with Crippen molar-refractivity contribution < 1.29 is 17.9 Å². The molecule has 0 bridgehead atoms. The molecular weight excluding hydrogens is 297 g/mol. The fourth-order valence-corrected chi connectivity index (χ4v) is 1.64. The molecule has 22 heavy (non-hydrogen) atoms. The van der Waals surface area contributed by atoms with Crippen LogP contribution in [0.1, 0.15) is 12.0 Å². The number of hydrogen-bond acceptors (Lipinski definition) is 3. The number of halogens is 3. The zero-order valence-electron chi connectivity index (χ0n) is 12.7. The maximum absolute atomic E-state index is 12.0. The number of ether oxygens (including phenoxy) is 1. The minimum absolute atomic E-state index is 0.255. The molecule has 0 fully saturated rings. The number of nitrogens with one attached hydrogen (secondary N) is 1. The maximum Gasteiger partial charge on any atom is 0.573 e. The van der Waals surface area contributed by atoms with Crippen molar-refractivity contribution in [3.8, 4) is 5.75 Å². The van der Waals surface area contributed by atoms with E-state index in [1.165, 1.54) is 24.3 Å². The first-order valence-corrected chi connectivity index (χ1v) is 6.79. The number of nitrogens with zero attached hydrogens (tertiary/aromatic N) is 2. The van der Waals surface area contributed by atoms with Crippen LogP contribution < -0.4 is 15.8 Å². The van der Waals surface area contributed by atoms with Crippen LogP contribution in [-0.2, 0) is 6.54 Å². The molecule has 0 aromatic heterocycles. The van der Waals surface area contributed by atoms with E-state index in [1.807, 2.05) is 14.1 Å². The topological polar surface area (TPSA) is 62.9 Å². The second-order valence-corrected chi connectivity index (χ2v) is 4.98. The third-order valence-corrected chi connectivity index (χ3v) is 2.68. The van der Waals surface area contributed by atoms with Crippen molar-refractivity contribution in [1.29, 1.82) is 0 Å². The summed E-state index contributed by atoms with van der Waals surface area (Å²) in [5, 5.41) is 2.98. The number of alkyl halides is 3. The molecule has 0 atom stereocenters. The van der Waals surface area contributed by atoms with Crippen LogP contribution in [0.5, 0.6) is 5.75 Å². The Hall–Kier alpha value is -1.96. The Morgan fingerprint density at radius 2 is 1.91 bits per heavy atom. The van der Waals surface area contributed by atoms with Crippen LogP contribution in [0.4, 0.5) is 13.2 Å². The Balaban J connectivity index is 2.38. The summed E-state index contributed by atoms with van der Waals surface area (Å²) in [6, 6.07) is 5.53. The van der Waals surface area contributed by atoms with Crippen molar-refractivity contribution in [1.82, 2.24) is 10.2 Å². The van der Waals surface area contributed by atoms with E-state index >= 15 is 0 Å². The number of aliphatic imine (C=N–C) groups is 1. The van der Waals surface area contributed by atoms with Gasteiger partial charge in [0.2, 0.25) is 0 Å². The van der Waals surface area contributed by atoms with Gasteiger partial charge in [0.15, 0.2) is 5.96 Å². The fraction of sp³-hybridized carbons (Fsp3) is 0.500. The summed E-state index contributed by atoms with van der Waals surface area (Å²) in [5.74, 6) is 0.0596. The van der Waals surface area contributed by atoms with Gasteiger partial charge < -0.3 is 20.7 Å². The summed E-state index contributed by atoms with van der Waals surface area (Å²) >= 11 is 0. The molecule has 0 heterocycles. The first-order valence-electron chi connectivity index (χ1n) is 6.79. The molecule has 0 unspecified atom stereocenters. The van der Waals surface area contributed by atoms with E-state index < -0.39 is 6.36 Å². The van der Waals surface area contributed by atoms with E-state index in [2.05, 4.69) is 19.9 Å². The highest BCUT2D eigenvalue weighted by molar-refractivity contribution is 5.77. The molecule has 0 saturated carbocycles.